The molecule has 3 heteroatoms. The highest BCUT2D eigenvalue weighted by molar-refractivity contribution is 4.82. The van der Waals surface area contributed by atoms with Crippen molar-refractivity contribution in [2.24, 2.45) is 5.92 Å². The lowest BCUT2D eigenvalue weighted by molar-refractivity contribution is 0.107. The number of rotatable bonds is 13. The Balaban J connectivity index is 2.52. The van der Waals surface area contributed by atoms with Crippen molar-refractivity contribution in [3.8, 4) is 0 Å². The first kappa shape index (κ1) is 19.9. The summed E-state index contributed by atoms with van der Waals surface area (Å²) >= 11 is 0. The Morgan fingerprint density at radius 2 is 1.77 bits per heavy atom. The third kappa shape index (κ3) is 7.94. The second-order valence-electron chi connectivity index (χ2n) is 7.03. The van der Waals surface area contributed by atoms with Gasteiger partial charge >= 0.3 is 0 Å². The molecule has 0 bridgehead atoms. The molecule has 0 amide bonds. The van der Waals surface area contributed by atoms with E-state index in [1.54, 1.807) is 0 Å². The van der Waals surface area contributed by atoms with E-state index in [1.807, 2.05) is 0 Å². The average molecular weight is 313 g/mol. The number of unbranched alkanes of at least 4 members (excludes halogenated alkanes) is 3. The molecule has 0 heterocycles. The minimum Gasteiger partial charge on any atom is -0.396 e. The molecule has 0 aromatic carbocycles. The van der Waals surface area contributed by atoms with E-state index in [-0.39, 0.29) is 0 Å². The molecule has 1 aliphatic rings. The molecule has 1 rings (SSSR count). The molecule has 1 saturated carbocycles. The zero-order valence-corrected chi connectivity index (χ0v) is 15.2. The Hall–Kier alpha value is -0.120. The Kier molecular flexibility index (Phi) is 12.1. The van der Waals surface area contributed by atoms with Gasteiger partial charge in [-0.25, -0.2) is 0 Å². The lowest BCUT2D eigenvalue weighted by Gasteiger charge is -2.39. The van der Waals surface area contributed by atoms with Crippen LogP contribution in [0, 0.1) is 5.92 Å². The molecule has 1 aliphatic carbocycles. The highest BCUT2D eigenvalue weighted by Crippen LogP contribution is 2.31. The SMILES string of the molecule is CCCN(CCNC)C(CCCCCCO)C1CCCCC1. The normalized spacial score (nSPS) is 18.0. The van der Waals surface area contributed by atoms with Crippen LogP contribution < -0.4 is 5.32 Å². The molecule has 0 aliphatic heterocycles. The van der Waals surface area contributed by atoms with Gasteiger partial charge in [-0.3, -0.25) is 4.90 Å². The number of aliphatic hydroxyl groups is 1. The van der Waals surface area contributed by atoms with Crippen molar-refractivity contribution >= 4 is 0 Å². The van der Waals surface area contributed by atoms with Gasteiger partial charge in [-0.05, 0) is 51.6 Å². The Bertz CT molecular complexity index is 242. The van der Waals surface area contributed by atoms with Crippen molar-refractivity contribution in [3.63, 3.8) is 0 Å². The van der Waals surface area contributed by atoms with Gasteiger partial charge in [0.1, 0.15) is 0 Å². The summed E-state index contributed by atoms with van der Waals surface area (Å²) < 4.78 is 0. The van der Waals surface area contributed by atoms with Crippen molar-refractivity contribution in [3.05, 3.63) is 0 Å². The lowest BCUT2D eigenvalue weighted by Crippen LogP contribution is -2.44. The molecule has 2 N–H and O–H groups in total. The van der Waals surface area contributed by atoms with Crippen LogP contribution in [0.5, 0.6) is 0 Å². The van der Waals surface area contributed by atoms with Crippen LogP contribution in [0.3, 0.4) is 0 Å². The summed E-state index contributed by atoms with van der Waals surface area (Å²) in [5.74, 6) is 0.926. The fourth-order valence-electron chi connectivity index (χ4n) is 4.04. The first-order chi connectivity index (χ1) is 10.8. The van der Waals surface area contributed by atoms with Gasteiger partial charge in [0.05, 0.1) is 0 Å². The highest BCUT2D eigenvalue weighted by Gasteiger charge is 2.27. The van der Waals surface area contributed by atoms with Crippen LogP contribution >= 0.6 is 0 Å². The van der Waals surface area contributed by atoms with Gasteiger partial charge in [-0.1, -0.05) is 45.4 Å². The maximum absolute atomic E-state index is 8.92. The second-order valence-corrected chi connectivity index (χ2v) is 7.03. The number of hydrogen-bond acceptors (Lipinski definition) is 3. The number of aliphatic hydroxyl groups excluding tert-OH is 1. The quantitative estimate of drug-likeness (QED) is 0.508. The van der Waals surface area contributed by atoms with E-state index in [1.165, 1.54) is 77.3 Å². The monoisotopic (exact) mass is 312 g/mol. The standard InChI is InChI=1S/C19H40N2O/c1-3-15-21(16-14-20-2)19(13-9-4-5-10-17-22)18-11-7-6-8-12-18/h18-20,22H,3-17H2,1-2H3. The zero-order valence-electron chi connectivity index (χ0n) is 15.2. The maximum Gasteiger partial charge on any atom is 0.0431 e. The lowest BCUT2D eigenvalue weighted by atomic mass is 9.81. The fraction of sp³-hybridized carbons (Fsp3) is 1.00. The van der Waals surface area contributed by atoms with Crippen molar-refractivity contribution in [1.82, 2.24) is 10.2 Å². The van der Waals surface area contributed by atoms with E-state index in [0.717, 1.165) is 24.9 Å². The van der Waals surface area contributed by atoms with Gasteiger partial charge < -0.3 is 10.4 Å². The van der Waals surface area contributed by atoms with Crippen molar-refractivity contribution in [1.29, 1.82) is 0 Å². The Morgan fingerprint density at radius 3 is 2.41 bits per heavy atom. The van der Waals surface area contributed by atoms with E-state index in [9.17, 15) is 0 Å². The minimum absolute atomic E-state index is 0.357. The molecule has 1 atom stereocenters. The Morgan fingerprint density at radius 1 is 1.05 bits per heavy atom. The van der Waals surface area contributed by atoms with Crippen LogP contribution in [-0.4, -0.2) is 49.3 Å². The van der Waals surface area contributed by atoms with E-state index in [0.29, 0.717) is 6.61 Å². The summed E-state index contributed by atoms with van der Waals surface area (Å²) in [6, 6.07) is 0.794. The molecular formula is C19H40N2O. The minimum atomic E-state index is 0.357. The van der Waals surface area contributed by atoms with Crippen LogP contribution in [0.1, 0.15) is 77.6 Å². The second kappa shape index (κ2) is 13.3. The summed E-state index contributed by atoms with van der Waals surface area (Å²) in [6.07, 6.45) is 14.6. The molecule has 0 saturated heterocycles. The average Bonchev–Trinajstić information content (AvgIpc) is 2.56. The molecular weight excluding hydrogens is 272 g/mol. The number of hydrogen-bond donors (Lipinski definition) is 2. The maximum atomic E-state index is 8.92. The summed E-state index contributed by atoms with van der Waals surface area (Å²) in [7, 11) is 2.06. The van der Waals surface area contributed by atoms with Gasteiger partial charge in [0.25, 0.3) is 0 Å². The number of nitrogens with one attached hydrogen (secondary N) is 1. The molecule has 0 aromatic rings. The molecule has 0 radical (unpaired) electrons. The summed E-state index contributed by atoms with van der Waals surface area (Å²) in [5.41, 5.74) is 0. The molecule has 0 spiro atoms. The predicted octanol–water partition coefficient (Wildman–Crippen LogP) is 3.81. The Labute approximate surface area is 138 Å². The van der Waals surface area contributed by atoms with Crippen LogP contribution in [0.15, 0.2) is 0 Å². The van der Waals surface area contributed by atoms with Gasteiger partial charge in [0.2, 0.25) is 0 Å². The third-order valence-electron chi connectivity index (χ3n) is 5.23. The van der Waals surface area contributed by atoms with E-state index >= 15 is 0 Å². The zero-order chi connectivity index (χ0) is 16.0. The number of likely N-dealkylation sites (N-methyl/N-ethyl adjacent to an activating group) is 1. The summed E-state index contributed by atoms with van der Waals surface area (Å²) in [6.45, 7) is 6.22. The van der Waals surface area contributed by atoms with Crippen LogP contribution in [-0.2, 0) is 0 Å². The van der Waals surface area contributed by atoms with Crippen molar-refractivity contribution in [2.45, 2.75) is 83.6 Å². The van der Waals surface area contributed by atoms with Gasteiger partial charge in [0.15, 0.2) is 0 Å². The van der Waals surface area contributed by atoms with Crippen molar-refractivity contribution in [2.75, 3.05) is 33.3 Å². The molecule has 132 valence electrons. The number of nitrogens with zero attached hydrogens (tertiary/aromatic N) is 1. The van der Waals surface area contributed by atoms with Crippen LogP contribution in [0.25, 0.3) is 0 Å². The molecule has 3 nitrogen and oxygen atoms in total. The van der Waals surface area contributed by atoms with Crippen LogP contribution in [0.4, 0.5) is 0 Å². The summed E-state index contributed by atoms with van der Waals surface area (Å²) in [4.78, 5) is 2.78. The van der Waals surface area contributed by atoms with Crippen LogP contribution in [0.2, 0.25) is 0 Å². The first-order valence-corrected chi connectivity index (χ1v) is 9.83. The van der Waals surface area contributed by atoms with E-state index in [2.05, 4.69) is 24.2 Å². The largest absolute Gasteiger partial charge is 0.396 e. The molecule has 22 heavy (non-hydrogen) atoms. The van der Waals surface area contributed by atoms with Gasteiger partial charge in [-0.15, -0.1) is 0 Å². The van der Waals surface area contributed by atoms with Gasteiger partial charge in [-0.2, -0.15) is 0 Å². The van der Waals surface area contributed by atoms with Gasteiger partial charge in [0, 0.05) is 25.7 Å². The smallest absolute Gasteiger partial charge is 0.0431 e. The topological polar surface area (TPSA) is 35.5 Å². The third-order valence-corrected chi connectivity index (χ3v) is 5.23. The predicted molar refractivity (Wildman–Crippen MR) is 96.3 cm³/mol. The first-order valence-electron chi connectivity index (χ1n) is 9.83. The van der Waals surface area contributed by atoms with Crippen molar-refractivity contribution < 1.29 is 5.11 Å². The van der Waals surface area contributed by atoms with E-state index < -0.39 is 0 Å². The fourth-order valence-corrected chi connectivity index (χ4v) is 4.04. The highest BCUT2D eigenvalue weighted by atomic mass is 16.2. The molecule has 1 unspecified atom stereocenters. The molecule has 1 fully saturated rings. The molecule has 0 aromatic heterocycles. The summed E-state index contributed by atoms with van der Waals surface area (Å²) in [5, 5.41) is 12.2. The van der Waals surface area contributed by atoms with E-state index in [4.69, 9.17) is 5.11 Å².